The maximum atomic E-state index is 12.5. The molecule has 1 unspecified atom stereocenters. The molecule has 0 radical (unpaired) electrons. The maximum absolute atomic E-state index is 12.5. The third-order valence-corrected chi connectivity index (χ3v) is 3.84. The van der Waals surface area contributed by atoms with Gasteiger partial charge in [-0.15, -0.1) is 0 Å². The molecule has 0 spiro atoms. The van der Waals surface area contributed by atoms with E-state index in [1.807, 2.05) is 62.4 Å². The Morgan fingerprint density at radius 3 is 2.64 bits per heavy atom. The van der Waals surface area contributed by atoms with Crippen molar-refractivity contribution < 1.29 is 14.6 Å². The van der Waals surface area contributed by atoms with Crippen molar-refractivity contribution in [2.75, 3.05) is 18.5 Å². The van der Waals surface area contributed by atoms with E-state index < -0.39 is 0 Å². The van der Waals surface area contributed by atoms with Gasteiger partial charge in [0, 0.05) is 6.61 Å². The van der Waals surface area contributed by atoms with Gasteiger partial charge in [0.1, 0.15) is 5.75 Å². The quantitative estimate of drug-likeness (QED) is 0.678. The molecule has 1 atom stereocenters. The van der Waals surface area contributed by atoms with Gasteiger partial charge in [0.25, 0.3) is 0 Å². The molecule has 25 heavy (non-hydrogen) atoms. The lowest BCUT2D eigenvalue weighted by molar-refractivity contribution is 0.243. The Hall–Kier alpha value is -2.53. The average molecular weight is 342 g/mol. The van der Waals surface area contributed by atoms with Crippen molar-refractivity contribution in [3.63, 3.8) is 0 Å². The second kappa shape index (κ2) is 9.69. The molecule has 2 rings (SSSR count). The molecule has 0 aliphatic heterocycles. The number of hydrogen-bond donors (Lipinski definition) is 3. The Morgan fingerprint density at radius 2 is 1.96 bits per heavy atom. The first-order valence-electron chi connectivity index (χ1n) is 8.60. The van der Waals surface area contributed by atoms with Crippen molar-refractivity contribution in [3.05, 3.63) is 59.7 Å². The van der Waals surface area contributed by atoms with E-state index in [0.29, 0.717) is 30.9 Å². The minimum Gasteiger partial charge on any atom is -0.492 e. The first kappa shape index (κ1) is 18.8. The van der Waals surface area contributed by atoms with Gasteiger partial charge in [0.15, 0.2) is 0 Å². The number of urea groups is 1. The van der Waals surface area contributed by atoms with Crippen molar-refractivity contribution in [1.29, 1.82) is 0 Å². The van der Waals surface area contributed by atoms with Crippen LogP contribution in [0.3, 0.4) is 0 Å². The van der Waals surface area contributed by atoms with Gasteiger partial charge in [-0.25, -0.2) is 4.79 Å². The highest BCUT2D eigenvalue weighted by molar-refractivity contribution is 5.91. The highest BCUT2D eigenvalue weighted by Gasteiger charge is 2.15. The van der Waals surface area contributed by atoms with Crippen LogP contribution in [0.2, 0.25) is 0 Å². The zero-order chi connectivity index (χ0) is 18.1. The summed E-state index contributed by atoms with van der Waals surface area (Å²) < 4.78 is 5.60. The summed E-state index contributed by atoms with van der Waals surface area (Å²) in [4.78, 5) is 12.5. The Labute approximate surface area is 149 Å². The lowest BCUT2D eigenvalue weighted by Gasteiger charge is -2.20. The fourth-order valence-corrected chi connectivity index (χ4v) is 2.63. The number of aliphatic hydroxyl groups is 1. The number of benzene rings is 2. The van der Waals surface area contributed by atoms with Crippen LogP contribution in [0.1, 0.15) is 36.9 Å². The number of carbonyl (C=O) groups excluding carboxylic acids is 1. The van der Waals surface area contributed by atoms with E-state index in [0.717, 1.165) is 11.1 Å². The van der Waals surface area contributed by atoms with Crippen LogP contribution in [-0.4, -0.2) is 24.4 Å². The van der Waals surface area contributed by atoms with Crippen LogP contribution in [0, 0.1) is 6.92 Å². The van der Waals surface area contributed by atoms with Crippen LogP contribution in [0.25, 0.3) is 0 Å². The molecule has 0 heterocycles. The van der Waals surface area contributed by atoms with E-state index in [1.54, 1.807) is 0 Å². The third kappa shape index (κ3) is 5.80. The molecule has 134 valence electrons. The van der Waals surface area contributed by atoms with Gasteiger partial charge in [-0.1, -0.05) is 36.4 Å². The van der Waals surface area contributed by atoms with Crippen LogP contribution >= 0.6 is 0 Å². The third-order valence-electron chi connectivity index (χ3n) is 3.84. The van der Waals surface area contributed by atoms with E-state index in [4.69, 9.17) is 9.84 Å². The summed E-state index contributed by atoms with van der Waals surface area (Å²) in [7, 11) is 0. The molecule has 5 nitrogen and oxygen atoms in total. The molecular weight excluding hydrogens is 316 g/mol. The van der Waals surface area contributed by atoms with Gasteiger partial charge in [-0.05, 0) is 49.9 Å². The number of amides is 2. The number of carbonyl (C=O) groups is 1. The van der Waals surface area contributed by atoms with Crippen LogP contribution in [0.5, 0.6) is 5.75 Å². The molecule has 2 aromatic rings. The first-order valence-corrected chi connectivity index (χ1v) is 8.60. The number of hydrogen-bond acceptors (Lipinski definition) is 3. The van der Waals surface area contributed by atoms with Crippen molar-refractivity contribution in [2.24, 2.45) is 0 Å². The topological polar surface area (TPSA) is 70.6 Å². The maximum Gasteiger partial charge on any atom is 0.319 e. The largest absolute Gasteiger partial charge is 0.492 e. The summed E-state index contributed by atoms with van der Waals surface area (Å²) >= 11 is 0. The van der Waals surface area contributed by atoms with E-state index in [2.05, 4.69) is 10.6 Å². The normalized spacial score (nSPS) is 11.6. The average Bonchev–Trinajstić information content (AvgIpc) is 2.62. The molecule has 5 heteroatoms. The monoisotopic (exact) mass is 342 g/mol. The Bertz CT molecular complexity index is 674. The lowest BCUT2D eigenvalue weighted by atomic mass is 10.0. The Kier molecular flexibility index (Phi) is 7.29. The SMILES string of the molecule is CCOc1cc(C)ccc1NC(=O)NC(CCCO)c1ccccc1. The Balaban J connectivity index is 2.08. The van der Waals surface area contributed by atoms with Crippen LogP contribution in [0.4, 0.5) is 10.5 Å². The number of aliphatic hydroxyl groups excluding tert-OH is 1. The molecule has 0 saturated heterocycles. The van der Waals surface area contributed by atoms with Crippen molar-refractivity contribution >= 4 is 11.7 Å². The number of nitrogens with one attached hydrogen (secondary N) is 2. The van der Waals surface area contributed by atoms with Gasteiger partial charge in [0.05, 0.1) is 18.3 Å². The molecule has 0 bridgehead atoms. The van der Waals surface area contributed by atoms with Crippen molar-refractivity contribution in [1.82, 2.24) is 5.32 Å². The predicted octanol–water partition coefficient (Wildman–Crippen LogP) is 4.03. The highest BCUT2D eigenvalue weighted by Crippen LogP contribution is 2.26. The number of aryl methyl sites for hydroxylation is 1. The second-order valence-corrected chi connectivity index (χ2v) is 5.86. The molecule has 0 aliphatic carbocycles. The minimum absolute atomic E-state index is 0.0963. The number of ether oxygens (including phenoxy) is 1. The van der Waals surface area contributed by atoms with E-state index in [1.165, 1.54) is 0 Å². The van der Waals surface area contributed by atoms with E-state index in [9.17, 15) is 4.79 Å². The summed E-state index contributed by atoms with van der Waals surface area (Å²) in [5.74, 6) is 0.657. The zero-order valence-corrected chi connectivity index (χ0v) is 14.8. The van der Waals surface area contributed by atoms with Gasteiger partial charge in [-0.3, -0.25) is 0 Å². The summed E-state index contributed by atoms with van der Waals surface area (Å²) in [5, 5.41) is 15.0. The smallest absolute Gasteiger partial charge is 0.319 e. The molecule has 2 aromatic carbocycles. The molecule has 0 aliphatic rings. The predicted molar refractivity (Wildman–Crippen MR) is 100 cm³/mol. The van der Waals surface area contributed by atoms with Crippen molar-refractivity contribution in [2.45, 2.75) is 32.7 Å². The van der Waals surface area contributed by atoms with Crippen molar-refractivity contribution in [3.8, 4) is 5.75 Å². The summed E-state index contributed by atoms with van der Waals surface area (Å²) in [5.41, 5.74) is 2.72. The fraction of sp³-hybridized carbons (Fsp3) is 0.350. The first-order chi connectivity index (χ1) is 12.1. The molecule has 0 aromatic heterocycles. The summed E-state index contributed by atoms with van der Waals surface area (Å²) in [6.45, 7) is 4.52. The molecule has 0 fully saturated rings. The van der Waals surface area contributed by atoms with Crippen LogP contribution in [0.15, 0.2) is 48.5 Å². The fourth-order valence-electron chi connectivity index (χ4n) is 2.63. The van der Waals surface area contributed by atoms with Gasteiger partial charge in [-0.2, -0.15) is 0 Å². The zero-order valence-electron chi connectivity index (χ0n) is 14.8. The standard InChI is InChI=1S/C20H26N2O3/c1-3-25-19-14-15(2)11-12-18(19)22-20(24)21-17(10-7-13-23)16-8-5-4-6-9-16/h4-6,8-9,11-12,14,17,23H,3,7,10,13H2,1-2H3,(H2,21,22,24). The lowest BCUT2D eigenvalue weighted by Crippen LogP contribution is -2.33. The number of rotatable bonds is 8. The highest BCUT2D eigenvalue weighted by atomic mass is 16.5. The van der Waals surface area contributed by atoms with Gasteiger partial charge >= 0.3 is 6.03 Å². The van der Waals surface area contributed by atoms with E-state index >= 15 is 0 Å². The van der Waals surface area contributed by atoms with Crippen LogP contribution in [-0.2, 0) is 0 Å². The second-order valence-electron chi connectivity index (χ2n) is 5.86. The Morgan fingerprint density at radius 1 is 1.20 bits per heavy atom. The van der Waals surface area contributed by atoms with Gasteiger partial charge in [0.2, 0.25) is 0 Å². The van der Waals surface area contributed by atoms with Gasteiger partial charge < -0.3 is 20.5 Å². The summed E-state index contributed by atoms with van der Waals surface area (Å²) in [6, 6.07) is 15.0. The van der Waals surface area contributed by atoms with Crippen LogP contribution < -0.4 is 15.4 Å². The molecule has 3 N–H and O–H groups in total. The summed E-state index contributed by atoms with van der Waals surface area (Å²) in [6.07, 6.45) is 1.29. The number of anilines is 1. The molecule has 2 amide bonds. The molecular formula is C20H26N2O3. The van der Waals surface area contributed by atoms with E-state index in [-0.39, 0.29) is 18.7 Å². The minimum atomic E-state index is -0.295. The molecule has 0 saturated carbocycles.